The van der Waals surface area contributed by atoms with Gasteiger partial charge in [0.1, 0.15) is 5.82 Å². The second-order valence-electron chi connectivity index (χ2n) is 8.12. The second kappa shape index (κ2) is 10.3. The number of nitrogens with zero attached hydrogens (tertiary/aromatic N) is 4. The van der Waals surface area contributed by atoms with Crippen LogP contribution in [0.4, 0.5) is 14.6 Å². The van der Waals surface area contributed by atoms with Gasteiger partial charge in [-0.15, -0.1) is 0 Å². The van der Waals surface area contributed by atoms with Gasteiger partial charge in [-0.3, -0.25) is 14.3 Å². The van der Waals surface area contributed by atoms with Crippen LogP contribution in [0.15, 0.2) is 49.4 Å². The molecule has 1 fully saturated rings. The molecule has 1 amide bonds. The van der Waals surface area contributed by atoms with Crippen LogP contribution in [0.3, 0.4) is 0 Å². The van der Waals surface area contributed by atoms with Gasteiger partial charge in [-0.05, 0) is 49.7 Å². The first-order valence-corrected chi connectivity index (χ1v) is 11.3. The number of nitrogens with one attached hydrogen (secondary N) is 1. The van der Waals surface area contributed by atoms with Crippen LogP contribution in [0.5, 0.6) is 0 Å². The number of aromatic nitrogens is 3. The lowest BCUT2D eigenvalue weighted by atomic mass is 10.0. The summed E-state index contributed by atoms with van der Waals surface area (Å²) < 4.78 is 29.0. The maximum absolute atomic E-state index is 14.0. The van der Waals surface area contributed by atoms with Gasteiger partial charge in [0.25, 0.3) is 5.91 Å². The van der Waals surface area contributed by atoms with Crippen molar-refractivity contribution in [1.82, 2.24) is 24.8 Å². The molecule has 3 N–H and O–H groups in total. The molecule has 34 heavy (non-hydrogen) atoms. The molecule has 1 aliphatic rings. The van der Waals surface area contributed by atoms with Gasteiger partial charge >= 0.3 is 0 Å². The molecular weight excluding hydrogens is 462 g/mol. The Kier molecular flexibility index (Phi) is 7.23. The molecule has 1 unspecified atom stereocenters. The van der Waals surface area contributed by atoms with Gasteiger partial charge in [0.05, 0.1) is 11.6 Å². The van der Waals surface area contributed by atoms with Crippen molar-refractivity contribution in [2.24, 2.45) is 0 Å². The molecular formula is C24H25ClF2N6O. The molecule has 3 heterocycles. The molecule has 10 heteroatoms. The molecule has 1 saturated heterocycles. The van der Waals surface area contributed by atoms with Crippen LogP contribution in [-0.2, 0) is 0 Å². The second-order valence-corrected chi connectivity index (χ2v) is 8.58. The Balaban J connectivity index is 1.61. The topological polar surface area (TPSA) is 89.1 Å². The zero-order valence-corrected chi connectivity index (χ0v) is 19.2. The molecule has 3 aromatic rings. The van der Waals surface area contributed by atoms with E-state index in [0.717, 1.165) is 38.4 Å². The average Bonchev–Trinajstić information content (AvgIpc) is 3.20. The maximum Gasteiger partial charge on any atom is 0.253 e. The lowest BCUT2D eigenvalue weighted by Crippen LogP contribution is -2.40. The minimum absolute atomic E-state index is 0.102. The fourth-order valence-corrected chi connectivity index (χ4v) is 4.45. The molecule has 0 spiro atoms. The number of benzene rings is 1. The summed E-state index contributed by atoms with van der Waals surface area (Å²) in [4.78, 5) is 23.7. The summed E-state index contributed by atoms with van der Waals surface area (Å²) >= 11 is 6.18. The van der Waals surface area contributed by atoms with Crippen molar-refractivity contribution in [3.05, 3.63) is 77.8 Å². The summed E-state index contributed by atoms with van der Waals surface area (Å²) in [6.45, 7) is 5.53. The van der Waals surface area contributed by atoms with E-state index >= 15 is 0 Å². The highest BCUT2D eigenvalue weighted by Crippen LogP contribution is 2.31. The molecule has 0 radical (unpaired) electrons. The lowest BCUT2D eigenvalue weighted by Gasteiger charge is -2.35. The van der Waals surface area contributed by atoms with Gasteiger partial charge in [0.15, 0.2) is 11.6 Å². The van der Waals surface area contributed by atoms with E-state index in [2.05, 4.69) is 26.8 Å². The maximum atomic E-state index is 14.0. The number of halogens is 3. The van der Waals surface area contributed by atoms with Crippen LogP contribution < -0.4 is 11.1 Å². The fourth-order valence-electron chi connectivity index (χ4n) is 4.25. The van der Waals surface area contributed by atoms with Gasteiger partial charge in [-0.25, -0.2) is 18.7 Å². The third kappa shape index (κ3) is 4.95. The van der Waals surface area contributed by atoms with Gasteiger partial charge in [-0.2, -0.15) is 0 Å². The first-order valence-electron chi connectivity index (χ1n) is 11.0. The van der Waals surface area contributed by atoms with E-state index in [4.69, 9.17) is 17.3 Å². The Hall–Kier alpha value is -3.30. The number of piperidine rings is 1. The molecule has 1 atom stereocenters. The molecule has 1 aliphatic heterocycles. The van der Waals surface area contributed by atoms with Crippen molar-refractivity contribution in [3.63, 3.8) is 0 Å². The number of hydrogen-bond donors (Lipinski definition) is 2. The van der Waals surface area contributed by atoms with Crippen molar-refractivity contribution in [2.75, 3.05) is 25.4 Å². The van der Waals surface area contributed by atoms with E-state index in [9.17, 15) is 13.6 Å². The van der Waals surface area contributed by atoms with E-state index < -0.39 is 17.5 Å². The normalized spacial score (nSPS) is 15.1. The molecule has 0 aliphatic carbocycles. The number of amides is 1. The zero-order chi connectivity index (χ0) is 24.2. The van der Waals surface area contributed by atoms with E-state index in [0.29, 0.717) is 5.56 Å². The summed E-state index contributed by atoms with van der Waals surface area (Å²) in [6, 6.07) is 5.20. The molecule has 1 aromatic carbocycles. The largest absolute Gasteiger partial charge is 0.384 e. The predicted octanol–water partition coefficient (Wildman–Crippen LogP) is 4.29. The monoisotopic (exact) mass is 486 g/mol. The summed E-state index contributed by atoms with van der Waals surface area (Å²) in [5, 5.41) is 3.01. The first kappa shape index (κ1) is 23.8. The smallest absolute Gasteiger partial charge is 0.253 e. The van der Waals surface area contributed by atoms with Crippen LogP contribution in [0, 0.1) is 11.6 Å². The Bertz CT molecular complexity index is 1190. The summed E-state index contributed by atoms with van der Waals surface area (Å²) in [5.41, 5.74) is 7.34. The average molecular weight is 487 g/mol. The minimum atomic E-state index is -0.917. The third-order valence-corrected chi connectivity index (χ3v) is 6.13. The van der Waals surface area contributed by atoms with E-state index in [-0.39, 0.29) is 40.5 Å². The fraction of sp³-hybridized carbons (Fsp3) is 0.292. The Morgan fingerprint density at radius 3 is 2.53 bits per heavy atom. The number of anilines is 1. The van der Waals surface area contributed by atoms with Gasteiger partial charge < -0.3 is 11.1 Å². The number of rotatable bonds is 7. The van der Waals surface area contributed by atoms with E-state index in [1.54, 1.807) is 24.5 Å². The van der Waals surface area contributed by atoms with Crippen LogP contribution in [0.1, 0.15) is 46.8 Å². The van der Waals surface area contributed by atoms with Crippen LogP contribution in [-0.4, -0.2) is 45.0 Å². The number of likely N-dealkylation sites (tertiary alicyclic amines) is 1. The molecule has 178 valence electrons. The summed E-state index contributed by atoms with van der Waals surface area (Å²) in [5.74, 6) is -1.78. The van der Waals surface area contributed by atoms with Crippen LogP contribution in [0.25, 0.3) is 11.0 Å². The lowest BCUT2D eigenvalue weighted by molar-refractivity contribution is 0.0924. The molecule has 2 aromatic heterocycles. The van der Waals surface area contributed by atoms with Crippen molar-refractivity contribution < 1.29 is 13.6 Å². The third-order valence-electron chi connectivity index (χ3n) is 5.94. The van der Waals surface area contributed by atoms with Crippen LogP contribution >= 0.6 is 11.6 Å². The highest BCUT2D eigenvalue weighted by molar-refractivity contribution is 6.49. The zero-order valence-electron chi connectivity index (χ0n) is 18.5. The van der Waals surface area contributed by atoms with Crippen molar-refractivity contribution in [1.29, 1.82) is 0 Å². The highest BCUT2D eigenvalue weighted by atomic mass is 35.5. The SMILES string of the molecule is C=C(Cl)c1c(C(=O)NCC(c2ccc(F)c(F)c2)N2CCCCC2)cn(-c2ncccn2)c1N. The van der Waals surface area contributed by atoms with Crippen molar-refractivity contribution in [3.8, 4) is 5.95 Å². The summed E-state index contributed by atoms with van der Waals surface area (Å²) in [6.07, 6.45) is 7.74. The van der Waals surface area contributed by atoms with Gasteiger partial charge in [0, 0.05) is 35.7 Å². The number of carbonyl (C=O) groups excluding carboxylic acids is 1. The molecule has 0 bridgehead atoms. The standard InChI is InChI=1S/C24H25ClF2N6O/c1-15(25)21-17(14-33(22(21)28)24-29-8-5-9-30-24)23(34)31-13-20(32-10-3-2-4-11-32)16-6-7-18(26)19(27)12-16/h5-9,12,14,20H,1-4,10-11,13,28H2,(H,31,34). The molecule has 4 rings (SSSR count). The Morgan fingerprint density at radius 1 is 1.18 bits per heavy atom. The van der Waals surface area contributed by atoms with Crippen molar-refractivity contribution >= 4 is 28.4 Å². The number of carbonyl (C=O) groups is 1. The molecule has 7 nitrogen and oxygen atoms in total. The van der Waals surface area contributed by atoms with Gasteiger partial charge in [-0.1, -0.05) is 30.7 Å². The van der Waals surface area contributed by atoms with Crippen LogP contribution in [0.2, 0.25) is 0 Å². The molecule has 0 saturated carbocycles. The minimum Gasteiger partial charge on any atom is -0.384 e. The highest BCUT2D eigenvalue weighted by Gasteiger charge is 2.26. The summed E-state index contributed by atoms with van der Waals surface area (Å²) in [7, 11) is 0. The Labute approximate surface area is 201 Å². The number of nitrogens with two attached hydrogens (primary N) is 1. The predicted molar refractivity (Wildman–Crippen MR) is 128 cm³/mol. The number of nitrogen functional groups attached to an aromatic ring is 1. The number of hydrogen-bond acceptors (Lipinski definition) is 5. The van der Waals surface area contributed by atoms with E-state index in [1.807, 2.05) is 0 Å². The van der Waals surface area contributed by atoms with Crippen molar-refractivity contribution in [2.45, 2.75) is 25.3 Å². The Morgan fingerprint density at radius 2 is 1.88 bits per heavy atom. The first-order chi connectivity index (χ1) is 16.4. The van der Waals surface area contributed by atoms with Gasteiger partial charge in [0.2, 0.25) is 5.95 Å². The quantitative estimate of drug-likeness (QED) is 0.520. The van der Waals surface area contributed by atoms with E-state index in [1.165, 1.54) is 16.8 Å².